The molecule has 5 nitrogen and oxygen atoms in total. The number of anilines is 2. The zero-order valence-electron chi connectivity index (χ0n) is 11.9. The first-order valence-electron chi connectivity index (χ1n) is 7.21. The maximum atomic E-state index is 13.5. The van der Waals surface area contributed by atoms with Gasteiger partial charge in [0.15, 0.2) is 11.6 Å². The average molecular weight is 310 g/mol. The van der Waals surface area contributed by atoms with Crippen molar-refractivity contribution in [1.82, 2.24) is 0 Å². The monoisotopic (exact) mass is 310 g/mol. The van der Waals surface area contributed by atoms with E-state index in [0.29, 0.717) is 13.2 Å². The molecule has 118 valence electrons. The Hall–Kier alpha value is -2.02. The fourth-order valence-electron chi connectivity index (χ4n) is 2.83. The van der Waals surface area contributed by atoms with Crippen LogP contribution in [-0.4, -0.2) is 31.6 Å². The molecule has 0 aliphatic carbocycles. The van der Waals surface area contributed by atoms with E-state index in [9.17, 15) is 18.4 Å². The third kappa shape index (κ3) is 2.94. The van der Waals surface area contributed by atoms with Crippen LogP contribution in [0.5, 0.6) is 0 Å². The van der Waals surface area contributed by atoms with Crippen LogP contribution in [-0.2, 0) is 14.3 Å². The number of ether oxygens (including phenoxy) is 1. The minimum absolute atomic E-state index is 0.0972. The molecule has 2 aliphatic rings. The molecule has 0 radical (unpaired) electrons. The predicted octanol–water partition coefficient (Wildman–Crippen LogP) is 2.07. The van der Waals surface area contributed by atoms with Gasteiger partial charge in [-0.2, -0.15) is 0 Å². The fraction of sp³-hybridized carbons (Fsp3) is 0.467. The molecule has 1 N–H and O–H groups in total. The molecular weight excluding hydrogens is 294 g/mol. The Morgan fingerprint density at radius 2 is 2.14 bits per heavy atom. The molecule has 1 fully saturated rings. The van der Waals surface area contributed by atoms with Crippen LogP contribution in [0.2, 0.25) is 0 Å². The van der Waals surface area contributed by atoms with Crippen molar-refractivity contribution in [1.29, 1.82) is 0 Å². The van der Waals surface area contributed by atoms with Crippen LogP contribution < -0.4 is 10.2 Å². The van der Waals surface area contributed by atoms with Crippen LogP contribution in [0.15, 0.2) is 12.1 Å². The average Bonchev–Trinajstić information content (AvgIpc) is 2.49. The number of rotatable bonds is 2. The zero-order valence-corrected chi connectivity index (χ0v) is 11.9. The Balaban J connectivity index is 1.83. The summed E-state index contributed by atoms with van der Waals surface area (Å²) in [6, 6.07) is 1.84. The van der Waals surface area contributed by atoms with Crippen molar-refractivity contribution >= 4 is 23.2 Å². The molecule has 22 heavy (non-hydrogen) atoms. The van der Waals surface area contributed by atoms with Gasteiger partial charge in [-0.3, -0.25) is 9.59 Å². The summed E-state index contributed by atoms with van der Waals surface area (Å²) < 4.78 is 32.1. The molecule has 2 amide bonds. The standard InChI is InChI=1S/C15H16F2N2O3/c16-10-5-12-13(6-11(10)17)19(7-14(20)18-12)15(21)4-9-2-1-3-22-8-9/h5-6,9H,1-4,7-8H2,(H,18,20). The highest BCUT2D eigenvalue weighted by atomic mass is 19.2. The highest BCUT2D eigenvalue weighted by molar-refractivity contribution is 6.09. The molecule has 0 saturated carbocycles. The lowest BCUT2D eigenvalue weighted by Gasteiger charge is -2.31. The van der Waals surface area contributed by atoms with Gasteiger partial charge in [0.05, 0.1) is 11.4 Å². The summed E-state index contributed by atoms with van der Waals surface area (Å²) in [4.78, 5) is 25.3. The second-order valence-corrected chi connectivity index (χ2v) is 5.60. The van der Waals surface area contributed by atoms with Crippen LogP contribution in [0.1, 0.15) is 19.3 Å². The SMILES string of the molecule is O=C1CN(C(=O)CC2CCCOC2)c2cc(F)c(F)cc2N1. The number of benzene rings is 1. The Morgan fingerprint density at radius 1 is 1.36 bits per heavy atom. The Kier molecular flexibility index (Phi) is 4.06. The van der Waals surface area contributed by atoms with Crippen LogP contribution in [0, 0.1) is 17.6 Å². The summed E-state index contributed by atoms with van der Waals surface area (Å²) >= 11 is 0. The smallest absolute Gasteiger partial charge is 0.244 e. The van der Waals surface area contributed by atoms with E-state index < -0.39 is 17.5 Å². The second kappa shape index (κ2) is 6.00. The first kappa shape index (κ1) is 14.9. The van der Waals surface area contributed by atoms with Crippen molar-refractivity contribution < 1.29 is 23.1 Å². The van der Waals surface area contributed by atoms with E-state index in [-0.39, 0.29) is 36.2 Å². The Bertz CT molecular complexity index is 615. The number of carbonyl (C=O) groups excluding carboxylic acids is 2. The van der Waals surface area contributed by atoms with Crippen molar-refractivity contribution in [2.45, 2.75) is 19.3 Å². The lowest BCUT2D eigenvalue weighted by molar-refractivity contribution is -0.123. The van der Waals surface area contributed by atoms with Crippen molar-refractivity contribution in [2.24, 2.45) is 5.92 Å². The highest BCUT2D eigenvalue weighted by Gasteiger charge is 2.30. The predicted molar refractivity (Wildman–Crippen MR) is 75.5 cm³/mol. The van der Waals surface area contributed by atoms with Crippen molar-refractivity contribution in [3.05, 3.63) is 23.8 Å². The first-order valence-corrected chi connectivity index (χ1v) is 7.21. The van der Waals surface area contributed by atoms with Crippen LogP contribution >= 0.6 is 0 Å². The van der Waals surface area contributed by atoms with Crippen molar-refractivity contribution in [3.63, 3.8) is 0 Å². The van der Waals surface area contributed by atoms with Crippen molar-refractivity contribution in [2.75, 3.05) is 30.0 Å². The highest BCUT2D eigenvalue weighted by Crippen LogP contribution is 2.32. The van der Waals surface area contributed by atoms with Gasteiger partial charge in [0.25, 0.3) is 0 Å². The summed E-state index contributed by atoms with van der Waals surface area (Å²) in [6.45, 7) is 1.02. The number of hydrogen-bond acceptors (Lipinski definition) is 3. The normalized spacial score (nSPS) is 21.3. The van der Waals surface area contributed by atoms with Crippen molar-refractivity contribution in [3.8, 4) is 0 Å². The number of carbonyl (C=O) groups is 2. The quantitative estimate of drug-likeness (QED) is 0.910. The van der Waals surface area contributed by atoms with E-state index in [4.69, 9.17) is 4.74 Å². The number of amides is 2. The van der Waals surface area contributed by atoms with E-state index in [1.54, 1.807) is 0 Å². The molecule has 0 aromatic heterocycles. The van der Waals surface area contributed by atoms with E-state index in [0.717, 1.165) is 25.0 Å². The lowest BCUT2D eigenvalue weighted by Crippen LogP contribution is -2.43. The number of hydrogen-bond donors (Lipinski definition) is 1. The maximum Gasteiger partial charge on any atom is 0.244 e. The molecule has 2 aliphatic heterocycles. The van der Waals surface area contributed by atoms with Gasteiger partial charge in [-0.25, -0.2) is 8.78 Å². The third-order valence-corrected chi connectivity index (χ3v) is 3.92. The van der Waals surface area contributed by atoms with Gasteiger partial charge in [-0.05, 0) is 18.8 Å². The minimum atomic E-state index is -1.06. The summed E-state index contributed by atoms with van der Waals surface area (Å²) in [6.07, 6.45) is 2.01. The Morgan fingerprint density at radius 3 is 2.86 bits per heavy atom. The van der Waals surface area contributed by atoms with E-state index in [1.807, 2.05) is 0 Å². The summed E-state index contributed by atoms with van der Waals surface area (Å²) in [5.41, 5.74) is 0.309. The number of nitrogens with zero attached hydrogens (tertiary/aromatic N) is 1. The van der Waals surface area contributed by atoms with Gasteiger partial charge < -0.3 is 15.0 Å². The van der Waals surface area contributed by atoms with E-state index in [1.165, 1.54) is 4.90 Å². The van der Waals surface area contributed by atoms with E-state index >= 15 is 0 Å². The third-order valence-electron chi connectivity index (χ3n) is 3.92. The van der Waals surface area contributed by atoms with Gasteiger partial charge >= 0.3 is 0 Å². The molecule has 3 rings (SSSR count). The summed E-state index contributed by atoms with van der Waals surface area (Å²) in [7, 11) is 0. The topological polar surface area (TPSA) is 58.6 Å². The van der Waals surface area contributed by atoms with E-state index in [2.05, 4.69) is 5.32 Å². The van der Waals surface area contributed by atoms with Crippen LogP contribution in [0.3, 0.4) is 0 Å². The number of nitrogens with one attached hydrogen (secondary N) is 1. The summed E-state index contributed by atoms with van der Waals surface area (Å²) in [5.74, 6) is -2.72. The molecule has 1 saturated heterocycles. The first-order chi connectivity index (χ1) is 10.5. The maximum absolute atomic E-state index is 13.5. The van der Waals surface area contributed by atoms with Crippen LogP contribution in [0.25, 0.3) is 0 Å². The fourth-order valence-corrected chi connectivity index (χ4v) is 2.83. The molecule has 1 aromatic rings. The molecule has 7 heteroatoms. The van der Waals surface area contributed by atoms with Gasteiger partial charge in [-0.1, -0.05) is 0 Å². The second-order valence-electron chi connectivity index (χ2n) is 5.60. The molecule has 1 unspecified atom stereocenters. The van der Waals surface area contributed by atoms with Gasteiger partial charge in [-0.15, -0.1) is 0 Å². The lowest BCUT2D eigenvalue weighted by atomic mass is 9.97. The van der Waals surface area contributed by atoms with Gasteiger partial charge in [0.1, 0.15) is 6.54 Å². The molecule has 1 aromatic carbocycles. The number of fused-ring (bicyclic) bond motifs is 1. The minimum Gasteiger partial charge on any atom is -0.381 e. The molecule has 1 atom stereocenters. The summed E-state index contributed by atoms with van der Waals surface area (Å²) in [5, 5.41) is 2.45. The van der Waals surface area contributed by atoms with Gasteiger partial charge in [0.2, 0.25) is 11.8 Å². The number of halogens is 2. The molecule has 0 bridgehead atoms. The zero-order chi connectivity index (χ0) is 15.7. The Labute approximate surface area is 126 Å². The molecule has 0 spiro atoms. The van der Waals surface area contributed by atoms with Gasteiger partial charge in [0, 0.05) is 31.8 Å². The molecule has 2 heterocycles. The largest absolute Gasteiger partial charge is 0.381 e. The van der Waals surface area contributed by atoms with Crippen LogP contribution in [0.4, 0.5) is 20.2 Å². The molecular formula is C15H16F2N2O3.